The van der Waals surface area contributed by atoms with Crippen molar-refractivity contribution in [2.45, 2.75) is 13.8 Å². The Balaban J connectivity index is 2.13. The van der Waals surface area contributed by atoms with Crippen LogP contribution in [0.5, 0.6) is 0 Å². The van der Waals surface area contributed by atoms with Crippen LogP contribution >= 0.6 is 0 Å². The van der Waals surface area contributed by atoms with Gasteiger partial charge >= 0.3 is 0 Å². The topological polar surface area (TPSA) is 47.2 Å². The lowest BCUT2D eigenvalue weighted by Crippen LogP contribution is -2.20. The Morgan fingerprint density at radius 3 is 2.57 bits per heavy atom. The molecule has 0 bridgehead atoms. The molecule has 2 aromatic carbocycles. The number of aromatic nitrogens is 2. The Morgan fingerprint density at radius 1 is 1.05 bits per heavy atom. The molecule has 0 N–H and O–H groups in total. The lowest BCUT2D eigenvalue weighted by atomic mass is 10.1. The van der Waals surface area contributed by atoms with E-state index in [2.05, 4.69) is 10.1 Å². The lowest BCUT2D eigenvalue weighted by Gasteiger charge is -2.05. The monoisotopic (exact) mass is 277 g/mol. The van der Waals surface area contributed by atoms with Crippen molar-refractivity contribution >= 4 is 17.1 Å². The van der Waals surface area contributed by atoms with Gasteiger partial charge in [0.15, 0.2) is 0 Å². The Morgan fingerprint density at radius 2 is 1.76 bits per heavy atom. The molecule has 0 radical (unpaired) electrons. The van der Waals surface area contributed by atoms with E-state index in [1.807, 2.05) is 49.4 Å². The summed E-state index contributed by atoms with van der Waals surface area (Å²) in [6.07, 6.45) is 1.69. The number of aryl methyl sites for hydroxylation is 2. The predicted molar refractivity (Wildman–Crippen MR) is 84.9 cm³/mol. The van der Waals surface area contributed by atoms with Gasteiger partial charge in [0, 0.05) is 0 Å². The molecule has 0 aliphatic heterocycles. The van der Waals surface area contributed by atoms with E-state index in [-0.39, 0.29) is 5.56 Å². The summed E-state index contributed by atoms with van der Waals surface area (Å²) >= 11 is 0. The number of fused-ring (bicyclic) bond motifs is 1. The highest BCUT2D eigenvalue weighted by atomic mass is 16.1. The van der Waals surface area contributed by atoms with E-state index in [0.717, 1.165) is 11.1 Å². The standard InChI is InChI=1S/C17H15N3O/c1-12-7-3-4-8-14(12)11-18-20-13(2)19-16-10-6-5-9-15(16)17(20)21/h3-11H,1-2H3. The molecule has 4 heteroatoms. The minimum absolute atomic E-state index is 0.150. The number of hydrogen-bond donors (Lipinski definition) is 0. The molecule has 0 fully saturated rings. The van der Waals surface area contributed by atoms with Crippen LogP contribution in [0.25, 0.3) is 10.9 Å². The van der Waals surface area contributed by atoms with Crippen LogP contribution in [0.2, 0.25) is 0 Å². The number of hydrogen-bond acceptors (Lipinski definition) is 3. The van der Waals surface area contributed by atoms with Crippen molar-refractivity contribution < 1.29 is 0 Å². The van der Waals surface area contributed by atoms with Gasteiger partial charge < -0.3 is 0 Å². The molecule has 0 atom stereocenters. The summed E-state index contributed by atoms with van der Waals surface area (Å²) in [5, 5.41) is 4.88. The summed E-state index contributed by atoms with van der Waals surface area (Å²) in [5.41, 5.74) is 2.64. The summed E-state index contributed by atoms with van der Waals surface area (Å²) in [7, 11) is 0. The van der Waals surface area contributed by atoms with Gasteiger partial charge in [-0.2, -0.15) is 9.78 Å². The highest BCUT2D eigenvalue weighted by Gasteiger charge is 2.06. The Bertz CT molecular complexity index is 894. The van der Waals surface area contributed by atoms with Gasteiger partial charge in [0.05, 0.1) is 17.1 Å². The van der Waals surface area contributed by atoms with Crippen molar-refractivity contribution in [2.75, 3.05) is 0 Å². The molecule has 3 rings (SSSR count). The van der Waals surface area contributed by atoms with Gasteiger partial charge in [0.2, 0.25) is 0 Å². The fourth-order valence-electron chi connectivity index (χ4n) is 2.22. The first-order chi connectivity index (χ1) is 10.2. The molecular weight excluding hydrogens is 262 g/mol. The smallest absolute Gasteiger partial charge is 0.267 e. The van der Waals surface area contributed by atoms with E-state index in [1.54, 1.807) is 19.2 Å². The van der Waals surface area contributed by atoms with Crippen LogP contribution in [0.4, 0.5) is 0 Å². The summed E-state index contributed by atoms with van der Waals surface area (Å²) in [6, 6.07) is 15.2. The van der Waals surface area contributed by atoms with Crippen molar-refractivity contribution in [1.29, 1.82) is 0 Å². The molecule has 0 unspecified atom stereocenters. The molecular formula is C17H15N3O. The van der Waals surface area contributed by atoms with E-state index < -0.39 is 0 Å². The van der Waals surface area contributed by atoms with Crippen molar-refractivity contribution in [1.82, 2.24) is 9.66 Å². The maximum atomic E-state index is 12.5. The van der Waals surface area contributed by atoms with Gasteiger partial charge in [-0.15, -0.1) is 0 Å². The van der Waals surface area contributed by atoms with Gasteiger partial charge in [-0.05, 0) is 37.1 Å². The number of nitrogens with zero attached hydrogens (tertiary/aromatic N) is 3. The fourth-order valence-corrected chi connectivity index (χ4v) is 2.22. The minimum atomic E-state index is -0.150. The highest BCUT2D eigenvalue weighted by molar-refractivity contribution is 5.82. The molecule has 0 aliphatic rings. The van der Waals surface area contributed by atoms with E-state index in [0.29, 0.717) is 16.7 Å². The second-order valence-corrected chi connectivity index (χ2v) is 4.89. The second-order valence-electron chi connectivity index (χ2n) is 4.89. The minimum Gasteiger partial charge on any atom is -0.267 e. The second kappa shape index (κ2) is 5.32. The number of para-hydroxylation sites is 1. The van der Waals surface area contributed by atoms with E-state index in [4.69, 9.17) is 0 Å². The molecule has 3 aromatic rings. The van der Waals surface area contributed by atoms with Crippen LogP contribution in [0.3, 0.4) is 0 Å². The number of benzene rings is 2. The van der Waals surface area contributed by atoms with Crippen LogP contribution in [0.15, 0.2) is 58.4 Å². The Kier molecular flexibility index (Phi) is 3.36. The SMILES string of the molecule is Cc1ccccc1C=Nn1c(C)nc2ccccc2c1=O. The van der Waals surface area contributed by atoms with Crippen LogP contribution in [-0.4, -0.2) is 15.9 Å². The van der Waals surface area contributed by atoms with Crippen molar-refractivity contribution in [3.05, 3.63) is 75.8 Å². The van der Waals surface area contributed by atoms with Crippen LogP contribution in [0, 0.1) is 13.8 Å². The van der Waals surface area contributed by atoms with Crippen molar-refractivity contribution in [2.24, 2.45) is 5.10 Å². The van der Waals surface area contributed by atoms with Gasteiger partial charge in [-0.1, -0.05) is 36.4 Å². The molecule has 0 amide bonds. The molecule has 0 saturated carbocycles. The third-order valence-corrected chi connectivity index (χ3v) is 3.42. The predicted octanol–water partition coefficient (Wildman–Crippen LogP) is 2.90. The Hall–Kier alpha value is -2.75. The van der Waals surface area contributed by atoms with Gasteiger partial charge in [0.1, 0.15) is 5.82 Å². The molecule has 4 nitrogen and oxygen atoms in total. The molecule has 1 aromatic heterocycles. The molecule has 1 heterocycles. The summed E-state index contributed by atoms with van der Waals surface area (Å²) in [4.78, 5) is 16.9. The quantitative estimate of drug-likeness (QED) is 0.676. The first kappa shape index (κ1) is 13.2. The maximum absolute atomic E-state index is 12.5. The first-order valence-electron chi connectivity index (χ1n) is 6.75. The van der Waals surface area contributed by atoms with E-state index in [9.17, 15) is 4.79 Å². The van der Waals surface area contributed by atoms with Crippen LogP contribution in [-0.2, 0) is 0 Å². The molecule has 0 saturated heterocycles. The largest absolute Gasteiger partial charge is 0.282 e. The summed E-state index contributed by atoms with van der Waals surface area (Å²) in [5.74, 6) is 0.573. The highest BCUT2D eigenvalue weighted by Crippen LogP contribution is 2.08. The molecule has 0 aliphatic carbocycles. The third kappa shape index (κ3) is 2.48. The maximum Gasteiger partial charge on any atom is 0.282 e. The van der Waals surface area contributed by atoms with Crippen LogP contribution in [0.1, 0.15) is 17.0 Å². The molecule has 0 spiro atoms. The summed E-state index contributed by atoms with van der Waals surface area (Å²) < 4.78 is 1.34. The molecule has 21 heavy (non-hydrogen) atoms. The normalized spacial score (nSPS) is 11.3. The zero-order chi connectivity index (χ0) is 14.8. The Labute approximate surface area is 122 Å². The van der Waals surface area contributed by atoms with Gasteiger partial charge in [-0.3, -0.25) is 4.79 Å². The van der Waals surface area contributed by atoms with Crippen molar-refractivity contribution in [3.8, 4) is 0 Å². The first-order valence-corrected chi connectivity index (χ1v) is 6.75. The fraction of sp³-hybridized carbons (Fsp3) is 0.118. The summed E-state index contributed by atoms with van der Waals surface area (Å²) in [6.45, 7) is 3.79. The van der Waals surface area contributed by atoms with Gasteiger partial charge in [0.25, 0.3) is 5.56 Å². The molecule has 104 valence electrons. The average molecular weight is 277 g/mol. The average Bonchev–Trinajstić information content (AvgIpc) is 2.49. The van der Waals surface area contributed by atoms with Crippen LogP contribution < -0.4 is 5.56 Å². The lowest BCUT2D eigenvalue weighted by molar-refractivity contribution is 0.771. The van der Waals surface area contributed by atoms with E-state index >= 15 is 0 Å². The van der Waals surface area contributed by atoms with Crippen molar-refractivity contribution in [3.63, 3.8) is 0 Å². The third-order valence-electron chi connectivity index (χ3n) is 3.42. The van der Waals surface area contributed by atoms with Gasteiger partial charge in [-0.25, -0.2) is 4.98 Å². The zero-order valence-corrected chi connectivity index (χ0v) is 11.9. The number of rotatable bonds is 2. The zero-order valence-electron chi connectivity index (χ0n) is 11.9. The van der Waals surface area contributed by atoms with E-state index in [1.165, 1.54) is 4.68 Å².